The van der Waals surface area contributed by atoms with Gasteiger partial charge in [0.1, 0.15) is 24.7 Å². The third kappa shape index (κ3) is 10.4. The first-order valence-corrected chi connectivity index (χ1v) is 16.1. The molecule has 3 rings (SSSR count). The Balaban J connectivity index is 1.66. The summed E-state index contributed by atoms with van der Waals surface area (Å²) < 4.78 is 53.9. The van der Waals surface area contributed by atoms with Crippen LogP contribution in [-0.2, 0) is 44.0 Å². The number of nitrogen functional groups attached to an aromatic ring is 1. The first-order valence-electron chi connectivity index (χ1n) is 13.0. The molecule has 4 N–H and O–H groups in total. The molecule has 244 valence electrons. The van der Waals surface area contributed by atoms with Crippen molar-refractivity contribution in [2.75, 3.05) is 51.8 Å². The average molecular weight is 664 g/mol. The Morgan fingerprint density at radius 3 is 2.68 bits per heavy atom. The fourth-order valence-electron chi connectivity index (χ4n) is 3.44. The van der Waals surface area contributed by atoms with E-state index in [1.165, 1.54) is 26.0 Å². The van der Waals surface area contributed by atoms with Crippen LogP contribution in [0.15, 0.2) is 34.5 Å². The van der Waals surface area contributed by atoms with E-state index in [1.807, 2.05) is 0 Å². The number of methoxy groups -OCH3 is 1. The molecule has 3 aromatic heterocycles. The number of aromatic nitrogens is 6. The van der Waals surface area contributed by atoms with Crippen LogP contribution in [0.4, 0.5) is 10.6 Å². The molecule has 44 heavy (non-hydrogen) atoms. The summed E-state index contributed by atoms with van der Waals surface area (Å²) >= 11 is 0.556. The molecular weight excluding hydrogens is 629 g/mol. The van der Waals surface area contributed by atoms with Gasteiger partial charge in [-0.15, -0.1) is 0 Å². The maximum atomic E-state index is 13.7. The van der Waals surface area contributed by atoms with Gasteiger partial charge in [0.15, 0.2) is 23.6 Å². The van der Waals surface area contributed by atoms with E-state index in [0.29, 0.717) is 22.5 Å². The maximum Gasteiger partial charge on any atom is 0.509 e. The first kappa shape index (κ1) is 35.1. The van der Waals surface area contributed by atoms with Crippen LogP contribution in [-0.4, -0.2) is 98.6 Å². The summed E-state index contributed by atoms with van der Waals surface area (Å²) in [6.45, 7) is -2.11. The molecular formula is C23H34N7O12PS. The lowest BCUT2D eigenvalue weighted by Crippen LogP contribution is -2.40. The second-order valence-corrected chi connectivity index (χ2v) is 12.9. The van der Waals surface area contributed by atoms with E-state index in [2.05, 4.69) is 19.9 Å². The molecule has 3 heterocycles. The predicted molar refractivity (Wildman–Crippen MR) is 155 cm³/mol. The second kappa shape index (κ2) is 17.2. The van der Waals surface area contributed by atoms with Crippen molar-refractivity contribution >= 4 is 41.3 Å². The van der Waals surface area contributed by atoms with Crippen LogP contribution in [0.1, 0.15) is 20.1 Å². The molecule has 0 spiro atoms. The Morgan fingerprint density at radius 2 is 1.98 bits per heavy atom. The topological polar surface area (TPSA) is 243 Å². The summed E-state index contributed by atoms with van der Waals surface area (Å²) in [6, 6.07) is 1.09. The monoisotopic (exact) mass is 663 g/mol. The van der Waals surface area contributed by atoms with Crippen molar-refractivity contribution in [3.8, 4) is 0 Å². The van der Waals surface area contributed by atoms with Gasteiger partial charge >= 0.3 is 18.6 Å². The fourth-order valence-corrected chi connectivity index (χ4v) is 5.97. The van der Waals surface area contributed by atoms with E-state index in [1.54, 1.807) is 18.4 Å². The molecule has 0 radical (unpaired) electrons. The van der Waals surface area contributed by atoms with Gasteiger partial charge in [-0.1, -0.05) is 0 Å². The number of H-pyrrole nitrogens is 1. The zero-order chi connectivity index (χ0) is 32.1. The van der Waals surface area contributed by atoms with Gasteiger partial charge in [0.2, 0.25) is 0 Å². The van der Waals surface area contributed by atoms with Gasteiger partial charge < -0.3 is 34.5 Å². The molecule has 0 amide bonds. The average Bonchev–Trinajstić information content (AvgIpc) is 3.39. The number of nitrogens with one attached hydrogen (secondary N) is 1. The molecule has 0 aliphatic rings. The largest absolute Gasteiger partial charge is 0.509 e. The Morgan fingerprint density at radius 1 is 1.18 bits per heavy atom. The maximum absolute atomic E-state index is 13.7. The summed E-state index contributed by atoms with van der Waals surface area (Å²) in [7, 11) is 1.29. The van der Waals surface area contributed by atoms with Gasteiger partial charge in [0.25, 0.3) is 5.56 Å². The lowest BCUT2D eigenvalue weighted by Gasteiger charge is -2.28. The number of carbonyl (C=O) groups is 1. The lowest BCUT2D eigenvalue weighted by atomic mass is 10.3. The van der Waals surface area contributed by atoms with Gasteiger partial charge in [-0.25, -0.2) is 29.1 Å². The normalized spacial score (nSPS) is 14.4. The standard InChI is InChI=1S/C23H34N7O12PS/c1-15(2)42-23(34)39-14-44-43(35,40-9-8-37-13-29-12-27-18-19(24)25-11-26-20(18)29)41-10-16(36-3)21(38-7-6-31)30-5-4-17(32)28-22(30)33/h4-5,11-12,15-16,21,31H,6-10,13-14H2,1-3H3,(H2,24,25,26)(H,28,32,33)/t16-,21+,43?/m0/s1. The van der Waals surface area contributed by atoms with Crippen molar-refractivity contribution in [2.45, 2.75) is 39.0 Å². The number of aliphatic hydroxyl groups excluding tert-OH is 1. The molecule has 0 bridgehead atoms. The number of nitrogens with zero attached hydrogens (tertiary/aromatic N) is 5. The lowest BCUT2D eigenvalue weighted by molar-refractivity contribution is -0.118. The third-order valence-corrected chi connectivity index (χ3v) is 8.78. The quantitative estimate of drug-likeness (QED) is 0.0696. The zero-order valence-electron chi connectivity index (χ0n) is 24.1. The second-order valence-electron chi connectivity index (χ2n) is 8.84. The van der Waals surface area contributed by atoms with E-state index in [9.17, 15) is 24.1 Å². The highest BCUT2D eigenvalue weighted by Gasteiger charge is 2.32. The molecule has 19 nitrogen and oxygen atoms in total. The Bertz CT molecular complexity index is 1520. The molecule has 0 aliphatic carbocycles. The van der Waals surface area contributed by atoms with Crippen LogP contribution in [0.3, 0.4) is 0 Å². The van der Waals surface area contributed by atoms with Crippen LogP contribution >= 0.6 is 18.2 Å². The third-order valence-electron chi connectivity index (χ3n) is 5.38. The van der Waals surface area contributed by atoms with Gasteiger partial charge in [-0.2, -0.15) is 0 Å². The summed E-state index contributed by atoms with van der Waals surface area (Å²) in [6.07, 6.45) is 0.228. The first-order chi connectivity index (χ1) is 21.1. The van der Waals surface area contributed by atoms with Crippen LogP contribution in [0.25, 0.3) is 11.2 Å². The number of aliphatic hydroxyl groups is 1. The van der Waals surface area contributed by atoms with E-state index in [-0.39, 0.29) is 39.0 Å². The molecule has 0 saturated heterocycles. The summed E-state index contributed by atoms with van der Waals surface area (Å²) in [5.41, 5.74) is 5.21. The van der Waals surface area contributed by atoms with Gasteiger partial charge in [-0.05, 0) is 13.8 Å². The van der Waals surface area contributed by atoms with Crippen LogP contribution in [0, 0.1) is 0 Å². The van der Waals surface area contributed by atoms with Crippen molar-refractivity contribution in [3.05, 3.63) is 45.8 Å². The van der Waals surface area contributed by atoms with E-state index < -0.39 is 55.2 Å². The van der Waals surface area contributed by atoms with E-state index in [0.717, 1.165) is 10.6 Å². The number of hydrogen-bond acceptors (Lipinski definition) is 17. The number of hydrogen-bond donors (Lipinski definition) is 3. The summed E-state index contributed by atoms with van der Waals surface area (Å²) in [5.74, 6) is -0.233. The molecule has 0 aliphatic heterocycles. The van der Waals surface area contributed by atoms with Gasteiger partial charge in [0, 0.05) is 30.8 Å². The zero-order valence-corrected chi connectivity index (χ0v) is 25.8. The Hall–Kier alpha value is -3.36. The molecule has 21 heteroatoms. The van der Waals surface area contributed by atoms with Crippen molar-refractivity contribution in [2.24, 2.45) is 0 Å². The highest BCUT2D eigenvalue weighted by molar-refractivity contribution is 8.55. The SMILES string of the molecule is CO[C@@H](COP(=O)(OCCOCn1cnc2c(N)ncnc21)SCOC(=O)OC(C)C)[C@@H](OCCO)n1ccc(=O)[nH]c1=O. The Kier molecular flexibility index (Phi) is 13.7. The number of anilines is 1. The minimum absolute atomic E-state index is 0.0162. The molecule has 3 atom stereocenters. The highest BCUT2D eigenvalue weighted by atomic mass is 32.7. The van der Waals surface area contributed by atoms with Crippen molar-refractivity contribution in [1.82, 2.24) is 29.1 Å². The Labute approximate surface area is 254 Å². The minimum Gasteiger partial charge on any atom is -0.432 e. The van der Waals surface area contributed by atoms with Crippen LogP contribution < -0.4 is 17.0 Å². The minimum atomic E-state index is -4.08. The summed E-state index contributed by atoms with van der Waals surface area (Å²) in [5, 5.41) is 9.26. The molecule has 3 aromatic rings. The molecule has 0 aromatic carbocycles. The van der Waals surface area contributed by atoms with Gasteiger partial charge in [-0.3, -0.25) is 28.0 Å². The number of ether oxygens (including phenoxy) is 5. The number of aromatic amines is 1. The molecule has 0 saturated carbocycles. The van der Waals surface area contributed by atoms with Crippen molar-refractivity contribution < 1.29 is 47.2 Å². The molecule has 1 unspecified atom stereocenters. The fraction of sp³-hybridized carbons (Fsp3) is 0.565. The number of fused-ring (bicyclic) bond motifs is 1. The summed E-state index contributed by atoms with van der Waals surface area (Å²) in [4.78, 5) is 50.0. The number of imidazole rings is 1. The smallest absolute Gasteiger partial charge is 0.432 e. The number of carbonyl (C=O) groups excluding carboxylic acids is 1. The number of rotatable bonds is 19. The van der Waals surface area contributed by atoms with E-state index >= 15 is 0 Å². The predicted octanol–water partition coefficient (Wildman–Crippen LogP) is 0.849. The molecule has 0 fully saturated rings. The van der Waals surface area contributed by atoms with Gasteiger partial charge in [0.05, 0.1) is 45.5 Å². The highest BCUT2D eigenvalue weighted by Crippen LogP contribution is 2.60. The van der Waals surface area contributed by atoms with Crippen molar-refractivity contribution in [3.63, 3.8) is 0 Å². The van der Waals surface area contributed by atoms with Crippen molar-refractivity contribution in [1.29, 1.82) is 0 Å². The van der Waals surface area contributed by atoms with Crippen LogP contribution in [0.5, 0.6) is 0 Å². The van der Waals surface area contributed by atoms with Crippen LogP contribution in [0.2, 0.25) is 0 Å². The number of nitrogens with two attached hydrogens (primary N) is 1. The van der Waals surface area contributed by atoms with E-state index in [4.69, 9.17) is 38.5 Å².